The fourth-order valence-electron chi connectivity index (χ4n) is 3.95. The van der Waals surface area contributed by atoms with Crippen molar-refractivity contribution in [2.24, 2.45) is 0 Å². The minimum absolute atomic E-state index is 0.229. The Morgan fingerprint density at radius 3 is 2.07 bits per heavy atom. The van der Waals surface area contributed by atoms with E-state index in [1.54, 1.807) is 0 Å². The second-order valence-electron chi connectivity index (χ2n) is 7.50. The van der Waals surface area contributed by atoms with Crippen LogP contribution in [0.2, 0.25) is 0 Å². The van der Waals surface area contributed by atoms with Gasteiger partial charge in [-0.15, -0.1) is 0 Å². The van der Waals surface area contributed by atoms with E-state index < -0.39 is 34.6 Å². The van der Waals surface area contributed by atoms with Crippen molar-refractivity contribution in [3.8, 4) is 11.1 Å². The standard InChI is InChI=1S/C25H19F5/c1-2-3-14-4-6-15(7-5-14)16-8-9-19-17(10-16)11-20(26)23(24(19)29)18-12-21(27)25(30)22(28)13-18/h4-8,11-13H,2-3,9-10H2,1H3. The fraction of sp³-hybridized carbons (Fsp3) is 0.200. The summed E-state index contributed by atoms with van der Waals surface area (Å²) in [6.45, 7) is 2.11. The molecule has 0 saturated heterocycles. The topological polar surface area (TPSA) is 0 Å². The van der Waals surface area contributed by atoms with Gasteiger partial charge in [0.05, 0.1) is 5.56 Å². The van der Waals surface area contributed by atoms with Crippen LogP contribution in [0, 0.1) is 29.1 Å². The predicted molar refractivity (Wildman–Crippen MR) is 107 cm³/mol. The van der Waals surface area contributed by atoms with Crippen molar-refractivity contribution in [3.05, 3.63) is 99.9 Å². The number of allylic oxidation sites excluding steroid dienone is 2. The van der Waals surface area contributed by atoms with Crippen molar-refractivity contribution >= 4 is 5.57 Å². The number of fused-ring (bicyclic) bond motifs is 1. The monoisotopic (exact) mass is 414 g/mol. The summed E-state index contributed by atoms with van der Waals surface area (Å²) in [5.74, 6) is -6.46. The van der Waals surface area contributed by atoms with E-state index in [1.165, 1.54) is 11.6 Å². The molecule has 0 N–H and O–H groups in total. The number of benzene rings is 3. The van der Waals surface area contributed by atoms with E-state index in [9.17, 15) is 17.6 Å². The van der Waals surface area contributed by atoms with Crippen molar-refractivity contribution in [1.29, 1.82) is 0 Å². The fourth-order valence-corrected chi connectivity index (χ4v) is 3.95. The number of halogens is 5. The zero-order valence-corrected chi connectivity index (χ0v) is 16.3. The summed E-state index contributed by atoms with van der Waals surface area (Å²) >= 11 is 0. The summed E-state index contributed by atoms with van der Waals surface area (Å²) in [6, 6.07) is 10.5. The molecular weight excluding hydrogens is 395 g/mol. The Morgan fingerprint density at radius 1 is 0.767 bits per heavy atom. The van der Waals surface area contributed by atoms with Crippen molar-refractivity contribution in [3.63, 3.8) is 0 Å². The molecule has 154 valence electrons. The third kappa shape index (κ3) is 3.64. The van der Waals surface area contributed by atoms with Crippen LogP contribution < -0.4 is 0 Å². The summed E-state index contributed by atoms with van der Waals surface area (Å²) in [5.41, 5.74) is 3.05. The molecule has 3 aromatic rings. The highest BCUT2D eigenvalue weighted by atomic mass is 19.2. The van der Waals surface area contributed by atoms with Crippen LogP contribution in [-0.2, 0) is 19.3 Å². The molecule has 0 bridgehead atoms. The minimum atomic E-state index is -1.67. The number of hydrogen-bond donors (Lipinski definition) is 0. The van der Waals surface area contributed by atoms with E-state index in [4.69, 9.17) is 0 Å². The molecular formula is C25H19F5. The van der Waals surface area contributed by atoms with Gasteiger partial charge in [-0.1, -0.05) is 43.7 Å². The highest BCUT2D eigenvalue weighted by Gasteiger charge is 2.24. The smallest absolute Gasteiger partial charge is 0.194 e. The molecule has 0 heterocycles. The lowest BCUT2D eigenvalue weighted by Gasteiger charge is -2.20. The molecule has 0 saturated carbocycles. The SMILES string of the molecule is CCCc1ccc(C2=CCc3c(cc(F)c(-c4cc(F)c(F)c(F)c4)c3F)C2)cc1. The van der Waals surface area contributed by atoms with Gasteiger partial charge in [-0.2, -0.15) is 0 Å². The number of aryl methyl sites for hydroxylation is 1. The number of hydrogen-bond acceptors (Lipinski definition) is 0. The lowest BCUT2D eigenvalue weighted by atomic mass is 9.85. The lowest BCUT2D eigenvalue weighted by molar-refractivity contribution is 0.447. The molecule has 0 unspecified atom stereocenters. The van der Waals surface area contributed by atoms with Crippen LogP contribution in [0.1, 0.15) is 35.6 Å². The molecule has 0 nitrogen and oxygen atoms in total. The molecule has 0 fully saturated rings. The van der Waals surface area contributed by atoms with E-state index in [0.717, 1.165) is 24.0 Å². The molecule has 5 heteroatoms. The van der Waals surface area contributed by atoms with Gasteiger partial charge < -0.3 is 0 Å². The van der Waals surface area contributed by atoms with E-state index in [1.807, 2.05) is 18.2 Å². The van der Waals surface area contributed by atoms with Gasteiger partial charge in [0.1, 0.15) is 11.6 Å². The van der Waals surface area contributed by atoms with Crippen molar-refractivity contribution < 1.29 is 22.0 Å². The third-order valence-corrected chi connectivity index (χ3v) is 5.48. The second kappa shape index (κ2) is 8.05. The highest BCUT2D eigenvalue weighted by Crippen LogP contribution is 2.36. The molecule has 0 aliphatic heterocycles. The van der Waals surface area contributed by atoms with E-state index >= 15 is 4.39 Å². The Balaban J connectivity index is 1.70. The van der Waals surface area contributed by atoms with Crippen molar-refractivity contribution in [1.82, 2.24) is 0 Å². The Morgan fingerprint density at radius 2 is 1.43 bits per heavy atom. The van der Waals surface area contributed by atoms with Crippen LogP contribution in [0.5, 0.6) is 0 Å². The van der Waals surface area contributed by atoms with Crippen LogP contribution in [0.15, 0.2) is 48.5 Å². The minimum Gasteiger partial charge on any atom is -0.206 e. The summed E-state index contributed by atoms with van der Waals surface area (Å²) < 4.78 is 70.3. The van der Waals surface area contributed by atoms with Crippen LogP contribution in [0.4, 0.5) is 22.0 Å². The first-order chi connectivity index (χ1) is 14.4. The van der Waals surface area contributed by atoms with E-state index in [0.29, 0.717) is 24.1 Å². The normalized spacial score (nSPS) is 13.2. The molecule has 0 atom stereocenters. The average molecular weight is 414 g/mol. The maximum absolute atomic E-state index is 15.1. The average Bonchev–Trinajstić information content (AvgIpc) is 2.72. The first kappa shape index (κ1) is 20.3. The van der Waals surface area contributed by atoms with Gasteiger partial charge in [-0.05, 0) is 70.9 Å². The number of rotatable bonds is 4. The molecule has 4 rings (SSSR count). The zero-order valence-electron chi connectivity index (χ0n) is 16.3. The molecule has 0 radical (unpaired) electrons. The molecule has 1 aliphatic rings. The molecule has 0 spiro atoms. The molecule has 1 aliphatic carbocycles. The van der Waals surface area contributed by atoms with Crippen LogP contribution >= 0.6 is 0 Å². The van der Waals surface area contributed by atoms with Crippen LogP contribution in [0.25, 0.3) is 16.7 Å². The van der Waals surface area contributed by atoms with Gasteiger partial charge in [-0.25, -0.2) is 22.0 Å². The van der Waals surface area contributed by atoms with Gasteiger partial charge in [-0.3, -0.25) is 0 Å². The van der Waals surface area contributed by atoms with Crippen LogP contribution in [-0.4, -0.2) is 0 Å². The van der Waals surface area contributed by atoms with Crippen molar-refractivity contribution in [2.45, 2.75) is 32.6 Å². The van der Waals surface area contributed by atoms with Gasteiger partial charge in [0.15, 0.2) is 17.5 Å². The van der Waals surface area contributed by atoms with E-state index in [-0.39, 0.29) is 17.5 Å². The first-order valence-electron chi connectivity index (χ1n) is 9.82. The Kier molecular flexibility index (Phi) is 5.46. The van der Waals surface area contributed by atoms with E-state index in [2.05, 4.69) is 19.1 Å². The summed E-state index contributed by atoms with van der Waals surface area (Å²) in [5, 5.41) is 0. The maximum atomic E-state index is 15.1. The lowest BCUT2D eigenvalue weighted by Crippen LogP contribution is -2.09. The summed E-state index contributed by atoms with van der Waals surface area (Å²) in [7, 11) is 0. The Hall–Kier alpha value is -2.95. The molecule has 30 heavy (non-hydrogen) atoms. The third-order valence-electron chi connectivity index (χ3n) is 5.48. The maximum Gasteiger partial charge on any atom is 0.194 e. The Bertz CT molecular complexity index is 1120. The molecule has 0 amide bonds. The highest BCUT2D eigenvalue weighted by molar-refractivity contribution is 5.73. The van der Waals surface area contributed by atoms with Crippen molar-refractivity contribution in [2.75, 3.05) is 0 Å². The largest absolute Gasteiger partial charge is 0.206 e. The second-order valence-corrected chi connectivity index (χ2v) is 7.50. The van der Waals surface area contributed by atoms with Crippen LogP contribution in [0.3, 0.4) is 0 Å². The summed E-state index contributed by atoms with van der Waals surface area (Å²) in [4.78, 5) is 0. The predicted octanol–water partition coefficient (Wildman–Crippen LogP) is 7.18. The Labute approximate surface area is 171 Å². The molecule has 3 aromatic carbocycles. The van der Waals surface area contributed by atoms with Gasteiger partial charge >= 0.3 is 0 Å². The van der Waals surface area contributed by atoms with Gasteiger partial charge in [0.25, 0.3) is 0 Å². The van der Waals surface area contributed by atoms with Gasteiger partial charge in [0, 0.05) is 0 Å². The first-order valence-corrected chi connectivity index (χ1v) is 9.82. The summed E-state index contributed by atoms with van der Waals surface area (Å²) in [6.07, 6.45) is 4.51. The van der Waals surface area contributed by atoms with Gasteiger partial charge in [0.2, 0.25) is 0 Å². The zero-order chi connectivity index (χ0) is 21.4. The molecule has 0 aromatic heterocycles. The quantitative estimate of drug-likeness (QED) is 0.313.